The third-order valence-electron chi connectivity index (χ3n) is 4.21. The predicted octanol–water partition coefficient (Wildman–Crippen LogP) is 3.16. The number of benzene rings is 1. The summed E-state index contributed by atoms with van der Waals surface area (Å²) in [5.74, 6) is 1.81. The summed E-state index contributed by atoms with van der Waals surface area (Å²) in [6.07, 6.45) is 2.63. The van der Waals surface area contributed by atoms with E-state index in [4.69, 9.17) is 4.74 Å². The van der Waals surface area contributed by atoms with Gasteiger partial charge in [0.25, 0.3) is 0 Å². The van der Waals surface area contributed by atoms with E-state index in [9.17, 15) is 0 Å². The number of nitrogens with zero attached hydrogens (tertiary/aromatic N) is 1. The van der Waals surface area contributed by atoms with Gasteiger partial charge in [0.05, 0.1) is 6.61 Å². The molecule has 2 nitrogen and oxygen atoms in total. The zero-order valence-electron chi connectivity index (χ0n) is 10.8. The first-order chi connectivity index (χ1) is 8.29. The van der Waals surface area contributed by atoms with Crippen molar-refractivity contribution in [1.82, 2.24) is 4.90 Å². The number of aryl methyl sites for hydroxylation is 1. The molecule has 0 N–H and O–H groups in total. The molecule has 0 aromatic heterocycles. The average Bonchev–Trinajstić information content (AvgIpc) is 2.37. The van der Waals surface area contributed by atoms with Gasteiger partial charge in [-0.1, -0.05) is 19.1 Å². The van der Waals surface area contributed by atoms with E-state index in [-0.39, 0.29) is 0 Å². The van der Waals surface area contributed by atoms with Crippen LogP contribution in [0.2, 0.25) is 0 Å². The van der Waals surface area contributed by atoms with Crippen LogP contribution in [0.5, 0.6) is 5.75 Å². The summed E-state index contributed by atoms with van der Waals surface area (Å²) in [5.41, 5.74) is 2.70. The normalized spacial score (nSPS) is 28.1. The van der Waals surface area contributed by atoms with E-state index in [0.29, 0.717) is 12.0 Å². The second kappa shape index (κ2) is 4.34. The van der Waals surface area contributed by atoms with Crippen molar-refractivity contribution < 1.29 is 4.74 Å². The molecular formula is C15H21NO. The van der Waals surface area contributed by atoms with Crippen molar-refractivity contribution >= 4 is 0 Å². The van der Waals surface area contributed by atoms with Crippen LogP contribution in [0.15, 0.2) is 18.2 Å². The minimum Gasteiger partial charge on any atom is -0.493 e. The van der Waals surface area contributed by atoms with Gasteiger partial charge >= 0.3 is 0 Å². The highest BCUT2D eigenvalue weighted by Crippen LogP contribution is 2.43. The van der Waals surface area contributed by atoms with Crippen molar-refractivity contribution in [1.29, 1.82) is 0 Å². The van der Waals surface area contributed by atoms with Gasteiger partial charge in [0, 0.05) is 17.5 Å². The zero-order valence-corrected chi connectivity index (χ0v) is 10.8. The van der Waals surface area contributed by atoms with Crippen LogP contribution in [0, 0.1) is 12.8 Å². The lowest BCUT2D eigenvalue weighted by molar-refractivity contribution is 0.0460. The molecule has 0 unspecified atom stereocenters. The Hall–Kier alpha value is -1.02. The molecule has 1 aromatic rings. The van der Waals surface area contributed by atoms with E-state index in [1.807, 2.05) is 0 Å². The van der Waals surface area contributed by atoms with Gasteiger partial charge in [-0.3, -0.25) is 4.90 Å². The monoisotopic (exact) mass is 231 g/mol. The second-order valence-electron chi connectivity index (χ2n) is 5.33. The first-order valence-corrected chi connectivity index (χ1v) is 6.77. The lowest BCUT2D eigenvalue weighted by atomic mass is 9.83. The number of likely N-dealkylation sites (tertiary alicyclic amines) is 1. The highest BCUT2D eigenvalue weighted by atomic mass is 16.5. The largest absolute Gasteiger partial charge is 0.493 e. The van der Waals surface area contributed by atoms with Gasteiger partial charge in [-0.2, -0.15) is 0 Å². The Morgan fingerprint density at radius 3 is 3.12 bits per heavy atom. The van der Waals surface area contributed by atoms with Crippen LogP contribution in [0.4, 0.5) is 0 Å². The summed E-state index contributed by atoms with van der Waals surface area (Å²) in [5, 5.41) is 0. The summed E-state index contributed by atoms with van der Waals surface area (Å²) >= 11 is 0. The number of piperidine rings is 1. The van der Waals surface area contributed by atoms with Gasteiger partial charge in [0.15, 0.2) is 0 Å². The van der Waals surface area contributed by atoms with Crippen LogP contribution < -0.4 is 4.74 Å². The van der Waals surface area contributed by atoms with Crippen molar-refractivity contribution in [3.8, 4) is 5.75 Å². The van der Waals surface area contributed by atoms with E-state index < -0.39 is 0 Å². The Morgan fingerprint density at radius 2 is 2.29 bits per heavy atom. The molecule has 2 heterocycles. The highest BCUT2D eigenvalue weighted by Gasteiger charge is 2.36. The molecule has 92 valence electrons. The molecule has 3 rings (SSSR count). The van der Waals surface area contributed by atoms with E-state index in [2.05, 4.69) is 36.9 Å². The average molecular weight is 231 g/mol. The maximum Gasteiger partial charge on any atom is 0.124 e. The van der Waals surface area contributed by atoms with Gasteiger partial charge in [-0.05, 0) is 44.5 Å². The second-order valence-corrected chi connectivity index (χ2v) is 5.33. The van der Waals surface area contributed by atoms with Gasteiger partial charge < -0.3 is 4.74 Å². The Balaban J connectivity index is 2.01. The number of hydrogen-bond donors (Lipinski definition) is 0. The van der Waals surface area contributed by atoms with Crippen LogP contribution in [0.25, 0.3) is 0 Å². The van der Waals surface area contributed by atoms with Crippen molar-refractivity contribution in [2.75, 3.05) is 19.7 Å². The molecule has 2 atom stereocenters. The molecule has 2 aliphatic rings. The summed E-state index contributed by atoms with van der Waals surface area (Å²) in [4.78, 5) is 2.62. The molecule has 0 bridgehead atoms. The van der Waals surface area contributed by atoms with Crippen LogP contribution in [-0.2, 0) is 0 Å². The fraction of sp³-hybridized carbons (Fsp3) is 0.600. The maximum absolute atomic E-state index is 5.94. The van der Waals surface area contributed by atoms with E-state index >= 15 is 0 Å². The lowest BCUT2D eigenvalue weighted by Gasteiger charge is -2.44. The Labute approximate surface area is 104 Å². The molecule has 1 saturated heterocycles. The fourth-order valence-corrected chi connectivity index (χ4v) is 3.34. The first kappa shape index (κ1) is 11.1. The topological polar surface area (TPSA) is 12.5 Å². The maximum atomic E-state index is 5.94. The predicted molar refractivity (Wildman–Crippen MR) is 69.4 cm³/mol. The van der Waals surface area contributed by atoms with Crippen molar-refractivity contribution in [2.24, 2.45) is 5.92 Å². The standard InChI is InChI=1S/C15H21NO/c1-3-16-8-4-5-12-10-17-14-9-11(2)6-7-13(14)15(12)16/h6-7,9,12,15H,3-5,8,10H2,1-2H3/t12-,15-/m1/s1. The molecule has 0 saturated carbocycles. The van der Waals surface area contributed by atoms with E-state index in [0.717, 1.165) is 18.9 Å². The molecule has 2 heteroatoms. The van der Waals surface area contributed by atoms with Gasteiger partial charge in [0.2, 0.25) is 0 Å². The SMILES string of the molecule is CCN1CCC[C@@H]2COc3cc(C)ccc3[C@@H]21. The molecular weight excluding hydrogens is 210 g/mol. The number of fused-ring (bicyclic) bond motifs is 3. The van der Waals surface area contributed by atoms with Gasteiger partial charge in [-0.15, -0.1) is 0 Å². The third kappa shape index (κ3) is 1.85. The van der Waals surface area contributed by atoms with Gasteiger partial charge in [-0.25, -0.2) is 0 Å². The number of hydrogen-bond acceptors (Lipinski definition) is 2. The van der Waals surface area contributed by atoms with Crippen molar-refractivity contribution in [3.05, 3.63) is 29.3 Å². The minimum absolute atomic E-state index is 0.595. The van der Waals surface area contributed by atoms with Gasteiger partial charge in [0.1, 0.15) is 5.75 Å². The summed E-state index contributed by atoms with van der Waals surface area (Å²) < 4.78 is 5.94. The molecule has 17 heavy (non-hydrogen) atoms. The Kier molecular flexibility index (Phi) is 2.83. The fourth-order valence-electron chi connectivity index (χ4n) is 3.34. The molecule has 1 fully saturated rings. The summed E-state index contributed by atoms with van der Waals surface area (Å²) in [7, 11) is 0. The minimum atomic E-state index is 0.595. The van der Waals surface area contributed by atoms with E-state index in [1.165, 1.54) is 30.5 Å². The summed E-state index contributed by atoms with van der Waals surface area (Å²) in [6, 6.07) is 7.27. The van der Waals surface area contributed by atoms with Crippen LogP contribution in [0.3, 0.4) is 0 Å². The molecule has 1 aromatic carbocycles. The van der Waals surface area contributed by atoms with Crippen molar-refractivity contribution in [3.63, 3.8) is 0 Å². The zero-order chi connectivity index (χ0) is 11.8. The van der Waals surface area contributed by atoms with Crippen LogP contribution in [0.1, 0.15) is 36.9 Å². The summed E-state index contributed by atoms with van der Waals surface area (Å²) in [6.45, 7) is 7.69. The lowest BCUT2D eigenvalue weighted by Crippen LogP contribution is -2.43. The number of ether oxygens (including phenoxy) is 1. The Bertz CT molecular complexity index is 415. The molecule has 0 aliphatic carbocycles. The van der Waals surface area contributed by atoms with Crippen LogP contribution in [-0.4, -0.2) is 24.6 Å². The third-order valence-corrected chi connectivity index (χ3v) is 4.21. The highest BCUT2D eigenvalue weighted by molar-refractivity contribution is 5.41. The quantitative estimate of drug-likeness (QED) is 0.736. The first-order valence-electron chi connectivity index (χ1n) is 6.77. The smallest absolute Gasteiger partial charge is 0.124 e. The molecule has 0 spiro atoms. The molecule has 0 amide bonds. The van der Waals surface area contributed by atoms with E-state index in [1.54, 1.807) is 0 Å². The van der Waals surface area contributed by atoms with Crippen molar-refractivity contribution in [2.45, 2.75) is 32.7 Å². The Morgan fingerprint density at radius 1 is 1.41 bits per heavy atom. The molecule has 2 aliphatic heterocycles. The number of rotatable bonds is 1. The van der Waals surface area contributed by atoms with Crippen LogP contribution >= 0.6 is 0 Å². The molecule has 0 radical (unpaired) electrons.